The van der Waals surface area contributed by atoms with Crippen LogP contribution in [0.15, 0.2) is 71.5 Å². The van der Waals surface area contributed by atoms with E-state index in [0.717, 1.165) is 24.8 Å². The number of aromatic nitrogens is 2. The first-order valence-electron chi connectivity index (χ1n) is 13.2. The van der Waals surface area contributed by atoms with E-state index in [0.29, 0.717) is 59.0 Å². The highest BCUT2D eigenvalue weighted by Crippen LogP contribution is 2.41. The fraction of sp³-hybridized carbons (Fsp3) is 0.323. The van der Waals surface area contributed by atoms with Gasteiger partial charge in [-0.15, -0.1) is 0 Å². The molecule has 1 saturated heterocycles. The lowest BCUT2D eigenvalue weighted by atomic mass is 10.0. The quantitative estimate of drug-likeness (QED) is 0.325. The molecule has 1 fully saturated rings. The zero-order valence-electron chi connectivity index (χ0n) is 22.6. The number of nitrogens with zero attached hydrogens (tertiary/aromatic N) is 3. The summed E-state index contributed by atoms with van der Waals surface area (Å²) in [5.41, 5.74) is 1.82. The van der Waals surface area contributed by atoms with Crippen LogP contribution in [0.2, 0.25) is 0 Å². The van der Waals surface area contributed by atoms with Crippen LogP contribution in [0.3, 0.4) is 0 Å². The number of carbonyl (C=O) groups is 1. The Morgan fingerprint density at radius 3 is 2.15 bits per heavy atom. The van der Waals surface area contributed by atoms with Crippen molar-refractivity contribution in [1.82, 2.24) is 14.5 Å². The molecule has 0 aliphatic carbocycles. The van der Waals surface area contributed by atoms with Crippen LogP contribution in [0.5, 0.6) is 17.2 Å². The maximum atomic E-state index is 14.2. The molecule has 3 aromatic carbocycles. The van der Waals surface area contributed by atoms with E-state index < -0.39 is 6.04 Å². The van der Waals surface area contributed by atoms with Crippen molar-refractivity contribution in [3.63, 3.8) is 0 Å². The molecule has 0 spiro atoms. The molecule has 0 N–H and O–H groups in total. The molecule has 1 atom stereocenters. The van der Waals surface area contributed by atoms with Gasteiger partial charge in [0.2, 0.25) is 11.7 Å². The van der Waals surface area contributed by atoms with Gasteiger partial charge in [0, 0.05) is 25.1 Å². The van der Waals surface area contributed by atoms with Gasteiger partial charge in [0.1, 0.15) is 11.9 Å². The second kappa shape index (κ2) is 11.6. The molecule has 1 aliphatic rings. The van der Waals surface area contributed by atoms with Crippen LogP contribution in [0, 0.1) is 0 Å². The normalized spacial score (nSPS) is 14.2. The van der Waals surface area contributed by atoms with Crippen molar-refractivity contribution in [3.05, 3.63) is 82.6 Å². The fourth-order valence-electron chi connectivity index (χ4n) is 5.30. The summed E-state index contributed by atoms with van der Waals surface area (Å²) < 4.78 is 18.3. The summed E-state index contributed by atoms with van der Waals surface area (Å²) in [7, 11) is 4.62. The summed E-state index contributed by atoms with van der Waals surface area (Å²) in [6, 6.07) is 19.7. The molecule has 0 radical (unpaired) electrons. The number of piperidine rings is 1. The van der Waals surface area contributed by atoms with Crippen molar-refractivity contribution in [2.75, 3.05) is 34.4 Å². The minimum Gasteiger partial charge on any atom is -0.493 e. The molecule has 4 aromatic rings. The molecular formula is C31H33N3O5. The minimum absolute atomic E-state index is 0.0774. The largest absolute Gasteiger partial charge is 0.493 e. The van der Waals surface area contributed by atoms with E-state index in [4.69, 9.17) is 19.2 Å². The van der Waals surface area contributed by atoms with Gasteiger partial charge in [0.25, 0.3) is 5.56 Å². The molecule has 1 aromatic heterocycles. The summed E-state index contributed by atoms with van der Waals surface area (Å²) in [5.74, 6) is 1.59. The van der Waals surface area contributed by atoms with Gasteiger partial charge in [-0.3, -0.25) is 14.2 Å². The minimum atomic E-state index is -0.788. The van der Waals surface area contributed by atoms with E-state index in [-0.39, 0.29) is 11.5 Å². The molecule has 2 heterocycles. The van der Waals surface area contributed by atoms with Gasteiger partial charge in [-0.1, -0.05) is 42.5 Å². The van der Waals surface area contributed by atoms with E-state index in [1.807, 2.05) is 47.4 Å². The Morgan fingerprint density at radius 2 is 1.51 bits per heavy atom. The van der Waals surface area contributed by atoms with Crippen molar-refractivity contribution in [1.29, 1.82) is 0 Å². The Bertz CT molecular complexity index is 1500. The smallest absolute Gasteiger partial charge is 0.262 e. The number of likely N-dealkylation sites (tertiary alicyclic amines) is 1. The summed E-state index contributed by atoms with van der Waals surface area (Å²) >= 11 is 0. The summed E-state index contributed by atoms with van der Waals surface area (Å²) in [6.45, 7) is 1.36. The Kier molecular flexibility index (Phi) is 7.81. The van der Waals surface area contributed by atoms with Crippen molar-refractivity contribution < 1.29 is 19.0 Å². The van der Waals surface area contributed by atoms with Gasteiger partial charge in [-0.05, 0) is 49.1 Å². The number of para-hydroxylation sites is 1. The van der Waals surface area contributed by atoms with Crippen molar-refractivity contribution in [3.8, 4) is 28.6 Å². The van der Waals surface area contributed by atoms with E-state index in [1.165, 1.54) is 7.11 Å². The SMILES string of the molecule is COc1cc(-c2nc3ccccc3c(=O)n2C(Cc2ccccc2)C(=O)N2CCCCC2)cc(OC)c1OC. The number of fused-ring (bicyclic) bond motifs is 1. The lowest BCUT2D eigenvalue weighted by Gasteiger charge is -2.32. The van der Waals surface area contributed by atoms with Crippen LogP contribution in [0.25, 0.3) is 22.3 Å². The monoisotopic (exact) mass is 527 g/mol. The van der Waals surface area contributed by atoms with Gasteiger partial charge in [0.15, 0.2) is 11.5 Å². The molecule has 5 rings (SSSR count). The number of hydrogen-bond donors (Lipinski definition) is 0. The molecule has 0 saturated carbocycles. The standard InChI is InChI=1S/C31H33N3O5/c1-37-26-19-22(20-27(38-2)28(26)39-3)29-32-24-15-9-8-14-23(24)30(35)34(29)25(18-21-12-6-4-7-13-21)31(36)33-16-10-5-11-17-33/h4,6-9,12-15,19-20,25H,5,10-11,16-18H2,1-3H3. The Hall–Kier alpha value is -4.33. The third-order valence-corrected chi connectivity index (χ3v) is 7.27. The van der Waals surface area contributed by atoms with Gasteiger partial charge >= 0.3 is 0 Å². The lowest BCUT2D eigenvalue weighted by Crippen LogP contribution is -2.44. The number of rotatable bonds is 8. The number of hydrogen-bond acceptors (Lipinski definition) is 6. The van der Waals surface area contributed by atoms with Gasteiger partial charge in [-0.2, -0.15) is 0 Å². The van der Waals surface area contributed by atoms with Crippen molar-refractivity contribution in [2.45, 2.75) is 31.7 Å². The van der Waals surface area contributed by atoms with Gasteiger partial charge < -0.3 is 19.1 Å². The molecule has 202 valence electrons. The van der Waals surface area contributed by atoms with E-state index in [1.54, 1.807) is 43.1 Å². The average Bonchev–Trinajstić information content (AvgIpc) is 3.00. The van der Waals surface area contributed by atoms with Crippen molar-refractivity contribution >= 4 is 16.8 Å². The van der Waals surface area contributed by atoms with Gasteiger partial charge in [-0.25, -0.2) is 4.98 Å². The molecule has 0 bridgehead atoms. The molecule has 1 aliphatic heterocycles. The number of ether oxygens (including phenoxy) is 3. The Labute approximate surface area is 227 Å². The first-order valence-corrected chi connectivity index (χ1v) is 13.2. The lowest BCUT2D eigenvalue weighted by molar-refractivity contribution is -0.135. The highest BCUT2D eigenvalue weighted by molar-refractivity contribution is 5.85. The zero-order valence-corrected chi connectivity index (χ0v) is 22.6. The van der Waals surface area contributed by atoms with Crippen LogP contribution in [0.4, 0.5) is 0 Å². The fourth-order valence-corrected chi connectivity index (χ4v) is 5.30. The summed E-state index contributed by atoms with van der Waals surface area (Å²) in [6.07, 6.45) is 3.36. The van der Waals surface area contributed by atoms with Crippen LogP contribution >= 0.6 is 0 Å². The summed E-state index contributed by atoms with van der Waals surface area (Å²) in [5, 5.41) is 0.457. The van der Waals surface area contributed by atoms with Crippen LogP contribution in [-0.2, 0) is 11.2 Å². The highest BCUT2D eigenvalue weighted by atomic mass is 16.5. The second-order valence-electron chi connectivity index (χ2n) is 9.63. The third kappa shape index (κ3) is 5.19. The van der Waals surface area contributed by atoms with Crippen LogP contribution in [-0.4, -0.2) is 54.8 Å². The molecule has 39 heavy (non-hydrogen) atoms. The maximum absolute atomic E-state index is 14.2. The second-order valence-corrected chi connectivity index (χ2v) is 9.63. The van der Waals surface area contributed by atoms with Crippen molar-refractivity contribution in [2.24, 2.45) is 0 Å². The van der Waals surface area contributed by atoms with Crippen LogP contribution < -0.4 is 19.8 Å². The number of benzene rings is 3. The predicted octanol–water partition coefficient (Wildman–Crippen LogP) is 4.89. The first-order chi connectivity index (χ1) is 19.0. The zero-order chi connectivity index (χ0) is 27.4. The molecule has 1 amide bonds. The van der Waals surface area contributed by atoms with E-state index in [2.05, 4.69) is 0 Å². The average molecular weight is 528 g/mol. The predicted molar refractivity (Wildman–Crippen MR) is 151 cm³/mol. The Balaban J connectivity index is 1.78. The van der Waals surface area contributed by atoms with E-state index >= 15 is 0 Å². The van der Waals surface area contributed by atoms with E-state index in [9.17, 15) is 9.59 Å². The molecular weight excluding hydrogens is 494 g/mol. The first kappa shape index (κ1) is 26.3. The topological polar surface area (TPSA) is 82.9 Å². The number of carbonyl (C=O) groups excluding carboxylic acids is 1. The Morgan fingerprint density at radius 1 is 0.872 bits per heavy atom. The summed E-state index contributed by atoms with van der Waals surface area (Å²) in [4.78, 5) is 35.3. The molecule has 8 heteroatoms. The third-order valence-electron chi connectivity index (χ3n) is 7.27. The molecule has 8 nitrogen and oxygen atoms in total. The van der Waals surface area contributed by atoms with Crippen LogP contribution in [0.1, 0.15) is 30.9 Å². The van der Waals surface area contributed by atoms with Gasteiger partial charge in [0.05, 0.1) is 32.2 Å². The number of amides is 1. The maximum Gasteiger partial charge on any atom is 0.262 e. The number of methoxy groups -OCH3 is 3. The molecule has 1 unspecified atom stereocenters. The highest BCUT2D eigenvalue weighted by Gasteiger charge is 2.31.